The maximum absolute atomic E-state index is 13.0. The van der Waals surface area contributed by atoms with Crippen LogP contribution >= 0.6 is 0 Å². The van der Waals surface area contributed by atoms with Crippen LogP contribution in [0.2, 0.25) is 0 Å². The molecule has 1 amide bonds. The molecule has 5 unspecified atom stereocenters. The van der Waals surface area contributed by atoms with Crippen molar-refractivity contribution in [2.45, 2.75) is 50.0 Å². The van der Waals surface area contributed by atoms with Gasteiger partial charge in [0, 0.05) is 0 Å². The molecule has 6 heteroatoms. The van der Waals surface area contributed by atoms with Crippen molar-refractivity contribution in [2.75, 3.05) is 6.54 Å². The Hall–Kier alpha value is -1.40. The lowest BCUT2D eigenvalue weighted by molar-refractivity contribution is -0.171. The maximum Gasteiger partial charge on any atom is 0.260 e. The Morgan fingerprint density at radius 2 is 1.68 bits per heavy atom. The van der Waals surface area contributed by atoms with Gasteiger partial charge < -0.3 is 0 Å². The molecule has 2 bridgehead atoms. The van der Waals surface area contributed by atoms with Crippen LogP contribution in [0.25, 0.3) is 0 Å². The zero-order valence-corrected chi connectivity index (χ0v) is 15.3. The van der Waals surface area contributed by atoms with Crippen LogP contribution < -0.4 is 0 Å². The highest BCUT2D eigenvalue weighted by Crippen LogP contribution is 2.59. The number of sulfonamides is 1. The Morgan fingerprint density at radius 1 is 0.960 bits per heavy atom. The third-order valence-electron chi connectivity index (χ3n) is 7.05. The topological polar surface area (TPSA) is 57.7 Å². The Bertz CT molecular complexity index is 820. The van der Waals surface area contributed by atoms with E-state index in [-0.39, 0.29) is 23.4 Å². The van der Waals surface area contributed by atoms with Gasteiger partial charge in [-0.2, -0.15) is 0 Å². The number of rotatable bonds is 3. The van der Waals surface area contributed by atoms with Crippen LogP contribution in [-0.4, -0.2) is 36.3 Å². The molecule has 5 rings (SSSR count). The van der Waals surface area contributed by atoms with Crippen molar-refractivity contribution in [3.8, 4) is 0 Å². The lowest BCUT2D eigenvalue weighted by Gasteiger charge is -2.49. The number of amides is 1. The Labute approximate surface area is 149 Å². The quantitative estimate of drug-likeness (QED) is 0.832. The van der Waals surface area contributed by atoms with Gasteiger partial charge in [0.2, 0.25) is 0 Å². The second-order valence-corrected chi connectivity index (χ2v) is 10.2. The van der Waals surface area contributed by atoms with Crippen molar-refractivity contribution in [3.63, 3.8) is 0 Å². The van der Waals surface area contributed by atoms with Crippen LogP contribution in [0.15, 0.2) is 29.2 Å². The number of hydrogen-bond acceptors (Lipinski definition) is 3. The molecule has 0 radical (unpaired) electrons. The number of benzene rings is 1. The first-order chi connectivity index (χ1) is 11.9. The van der Waals surface area contributed by atoms with Crippen LogP contribution in [0, 0.1) is 30.6 Å². The number of hydrogen-bond donors (Lipinski definition) is 0. The van der Waals surface area contributed by atoms with Crippen LogP contribution in [-0.2, 0) is 14.8 Å². The van der Waals surface area contributed by atoms with Crippen LogP contribution in [0.4, 0.5) is 0 Å². The summed E-state index contributed by atoms with van der Waals surface area (Å²) < 4.78 is 27.4. The predicted octanol–water partition coefficient (Wildman–Crippen LogP) is 2.57. The number of fused-ring (bicyclic) bond motifs is 1. The first-order valence-electron chi connectivity index (χ1n) is 9.36. The SMILES string of the molecule is Cc1ccc(S(=O)(=O)N2CC(=O)N2C2CCC3CC4CC2CC34)cc1. The van der Waals surface area contributed by atoms with E-state index >= 15 is 0 Å². The molecule has 1 aromatic carbocycles. The molecular weight excluding hydrogens is 336 g/mol. The first-order valence-corrected chi connectivity index (χ1v) is 10.8. The van der Waals surface area contributed by atoms with Crippen molar-refractivity contribution >= 4 is 15.9 Å². The van der Waals surface area contributed by atoms with Crippen molar-refractivity contribution in [1.29, 1.82) is 0 Å². The molecule has 1 saturated heterocycles. The molecule has 4 aliphatic rings. The number of carbonyl (C=O) groups excluding carboxylic acids is 1. The van der Waals surface area contributed by atoms with Crippen LogP contribution in [0.3, 0.4) is 0 Å². The normalized spacial score (nSPS) is 37.4. The second-order valence-electron chi connectivity index (χ2n) is 8.33. The molecule has 1 aromatic rings. The molecule has 1 heterocycles. The Kier molecular flexibility index (Phi) is 3.36. The molecule has 5 atom stereocenters. The summed E-state index contributed by atoms with van der Waals surface area (Å²) in [6.45, 7) is 1.92. The first kappa shape index (κ1) is 15.8. The molecule has 3 saturated carbocycles. The second kappa shape index (κ2) is 5.30. The van der Waals surface area contributed by atoms with Gasteiger partial charge >= 0.3 is 0 Å². The predicted molar refractivity (Wildman–Crippen MR) is 92.7 cm³/mol. The largest absolute Gasteiger partial charge is 0.272 e. The molecule has 4 fully saturated rings. The summed E-state index contributed by atoms with van der Waals surface area (Å²) in [5.74, 6) is 2.92. The fraction of sp³-hybridized carbons (Fsp3) is 0.632. The van der Waals surface area contributed by atoms with Crippen LogP contribution in [0.5, 0.6) is 0 Å². The van der Waals surface area contributed by atoms with Gasteiger partial charge in [-0.3, -0.25) is 9.80 Å². The average molecular weight is 360 g/mol. The van der Waals surface area contributed by atoms with Gasteiger partial charge in [-0.05, 0) is 74.8 Å². The number of hydrazine groups is 1. The standard InChI is InChI=1S/C19H24N2O3S/c1-12-2-5-16(6-3-12)25(23,24)20-11-19(22)21(20)18-7-4-13-8-14-9-15(18)10-17(13)14/h2-3,5-6,13-15,17-18H,4,7-11H2,1H3. The number of carbonyl (C=O) groups is 1. The fourth-order valence-electron chi connectivity index (χ4n) is 5.70. The molecule has 0 aromatic heterocycles. The highest BCUT2D eigenvalue weighted by atomic mass is 32.2. The smallest absolute Gasteiger partial charge is 0.260 e. The molecule has 3 aliphatic carbocycles. The molecule has 134 valence electrons. The molecule has 0 spiro atoms. The van der Waals surface area contributed by atoms with E-state index in [4.69, 9.17) is 0 Å². The van der Waals surface area contributed by atoms with E-state index in [1.807, 2.05) is 6.92 Å². The minimum Gasteiger partial charge on any atom is -0.272 e. The van der Waals surface area contributed by atoms with Gasteiger partial charge in [0.25, 0.3) is 15.9 Å². The van der Waals surface area contributed by atoms with Gasteiger partial charge in [-0.15, -0.1) is 0 Å². The van der Waals surface area contributed by atoms with Gasteiger partial charge in [0.15, 0.2) is 0 Å². The highest BCUT2D eigenvalue weighted by molar-refractivity contribution is 7.89. The highest BCUT2D eigenvalue weighted by Gasteiger charge is 2.56. The van der Waals surface area contributed by atoms with Crippen molar-refractivity contribution in [2.24, 2.45) is 23.7 Å². The molecular formula is C19H24N2O3S. The number of aryl methyl sites for hydroxylation is 1. The van der Waals surface area contributed by atoms with E-state index in [0.717, 1.165) is 36.2 Å². The van der Waals surface area contributed by atoms with Crippen molar-refractivity contribution in [3.05, 3.63) is 29.8 Å². The maximum atomic E-state index is 13.0. The lowest BCUT2D eigenvalue weighted by atomic mass is 9.64. The van der Waals surface area contributed by atoms with E-state index in [0.29, 0.717) is 5.92 Å². The van der Waals surface area contributed by atoms with Gasteiger partial charge in [-0.25, -0.2) is 8.42 Å². The summed E-state index contributed by atoms with van der Waals surface area (Å²) in [7, 11) is -3.64. The zero-order chi connectivity index (χ0) is 17.3. The van der Waals surface area contributed by atoms with Crippen LogP contribution in [0.1, 0.15) is 37.7 Å². The van der Waals surface area contributed by atoms with Gasteiger partial charge in [0.1, 0.15) is 6.54 Å². The molecule has 1 aliphatic heterocycles. The summed E-state index contributed by atoms with van der Waals surface area (Å²) in [5, 5.41) is 1.59. The fourth-order valence-corrected chi connectivity index (χ4v) is 7.15. The minimum absolute atomic E-state index is 0.0181. The van der Waals surface area contributed by atoms with Gasteiger partial charge in [0.05, 0.1) is 10.9 Å². The van der Waals surface area contributed by atoms with E-state index in [2.05, 4.69) is 0 Å². The lowest BCUT2D eigenvalue weighted by Crippen LogP contribution is -2.67. The van der Waals surface area contributed by atoms with Gasteiger partial charge in [-0.1, -0.05) is 22.1 Å². The Balaban J connectivity index is 1.43. The summed E-state index contributed by atoms with van der Waals surface area (Å²) in [6, 6.07) is 6.96. The summed E-state index contributed by atoms with van der Waals surface area (Å²) >= 11 is 0. The van der Waals surface area contributed by atoms with E-state index in [1.165, 1.54) is 23.7 Å². The molecule has 5 nitrogen and oxygen atoms in total. The van der Waals surface area contributed by atoms with E-state index in [1.54, 1.807) is 29.3 Å². The third kappa shape index (κ3) is 2.23. The zero-order valence-electron chi connectivity index (χ0n) is 14.5. The van der Waals surface area contributed by atoms with Crippen molar-refractivity contribution < 1.29 is 13.2 Å². The summed E-state index contributed by atoms with van der Waals surface area (Å²) in [4.78, 5) is 12.6. The average Bonchev–Trinajstić information content (AvgIpc) is 2.80. The molecule has 0 N–H and O–H groups in total. The summed E-state index contributed by atoms with van der Waals surface area (Å²) in [5.41, 5.74) is 1.02. The van der Waals surface area contributed by atoms with E-state index in [9.17, 15) is 13.2 Å². The molecule has 25 heavy (non-hydrogen) atoms. The van der Waals surface area contributed by atoms with Crippen molar-refractivity contribution in [1.82, 2.24) is 9.42 Å². The monoisotopic (exact) mass is 360 g/mol. The van der Waals surface area contributed by atoms with E-state index < -0.39 is 10.0 Å². The number of nitrogens with zero attached hydrogens (tertiary/aromatic N) is 2. The Morgan fingerprint density at radius 3 is 2.40 bits per heavy atom. The minimum atomic E-state index is -3.64. The summed E-state index contributed by atoms with van der Waals surface area (Å²) in [6.07, 6.45) is 5.80. The third-order valence-corrected chi connectivity index (χ3v) is 8.78.